The molecule has 58 valence electrons. The highest BCUT2D eigenvalue weighted by Gasteiger charge is 2.13. The molecule has 0 amide bonds. The first-order chi connectivity index (χ1) is 4.54. The summed E-state index contributed by atoms with van der Waals surface area (Å²) in [5, 5.41) is 0. The van der Waals surface area contributed by atoms with Crippen LogP contribution in [0.15, 0.2) is 0 Å². The van der Waals surface area contributed by atoms with Crippen LogP contribution in [0.4, 0.5) is 0 Å². The minimum Gasteiger partial charge on any atom is -0.211 e. The monoisotopic (exact) mass is 225 g/mol. The van der Waals surface area contributed by atoms with Gasteiger partial charge in [0.25, 0.3) is 0 Å². The van der Waals surface area contributed by atoms with Gasteiger partial charge < -0.3 is 0 Å². The normalized spacial score (nSPS) is 11.4. The Morgan fingerprint density at radius 2 is 2.20 bits per heavy atom. The maximum Gasteiger partial charge on any atom is 0.224 e. The van der Waals surface area contributed by atoms with E-state index in [1.165, 1.54) is 7.05 Å². The molecule has 0 aromatic carbocycles. The van der Waals surface area contributed by atoms with Crippen LogP contribution in [0.2, 0.25) is 0 Å². The molecule has 0 heterocycles. The van der Waals surface area contributed by atoms with Crippen molar-refractivity contribution < 1.29 is 8.42 Å². The maximum atomic E-state index is 10.9. The minimum absolute atomic E-state index is 0.0851. The van der Waals surface area contributed by atoms with Crippen LogP contribution in [0, 0.1) is 12.3 Å². The van der Waals surface area contributed by atoms with Gasteiger partial charge in [-0.25, -0.2) is 8.42 Å². The molecule has 0 N–H and O–H groups in total. The van der Waals surface area contributed by atoms with Gasteiger partial charge in [-0.15, -0.1) is 6.42 Å². The molecule has 0 aromatic heterocycles. The molecule has 0 radical (unpaired) electrons. The van der Waals surface area contributed by atoms with Gasteiger partial charge in [0, 0.05) is 7.05 Å². The van der Waals surface area contributed by atoms with E-state index in [1.54, 1.807) is 0 Å². The third-order valence-corrected chi connectivity index (χ3v) is 4.02. The summed E-state index contributed by atoms with van der Waals surface area (Å²) in [5.74, 6) is 2.23. The van der Waals surface area contributed by atoms with Crippen LogP contribution in [0.25, 0.3) is 0 Å². The van der Waals surface area contributed by atoms with Crippen LogP contribution in [0.5, 0.6) is 0 Å². The quantitative estimate of drug-likeness (QED) is 0.510. The molecule has 0 aromatic rings. The van der Waals surface area contributed by atoms with Crippen molar-refractivity contribution in [3.63, 3.8) is 0 Å². The lowest BCUT2D eigenvalue weighted by atomic mass is 10.7. The largest absolute Gasteiger partial charge is 0.224 e. The Morgan fingerprint density at radius 3 is 2.50 bits per heavy atom. The lowest BCUT2D eigenvalue weighted by Gasteiger charge is -2.10. The molecule has 0 aliphatic carbocycles. The minimum atomic E-state index is -3.15. The molecule has 10 heavy (non-hydrogen) atoms. The van der Waals surface area contributed by atoms with E-state index >= 15 is 0 Å². The molecule has 0 saturated heterocycles. The Kier molecular flexibility index (Phi) is 3.94. The van der Waals surface area contributed by atoms with Crippen molar-refractivity contribution in [1.82, 2.24) is 4.31 Å². The Balaban J connectivity index is 4.23. The van der Waals surface area contributed by atoms with Gasteiger partial charge in [-0.3, -0.25) is 0 Å². The van der Waals surface area contributed by atoms with E-state index in [0.717, 1.165) is 4.31 Å². The molecule has 3 nitrogen and oxygen atoms in total. The second-order valence-electron chi connectivity index (χ2n) is 1.68. The van der Waals surface area contributed by atoms with Crippen molar-refractivity contribution in [2.24, 2.45) is 0 Å². The molecule has 0 bridgehead atoms. The highest BCUT2D eigenvalue weighted by Crippen LogP contribution is 1.99. The van der Waals surface area contributed by atoms with E-state index in [9.17, 15) is 8.42 Å². The maximum absolute atomic E-state index is 10.9. The Labute approximate surface area is 69.6 Å². The highest BCUT2D eigenvalue weighted by molar-refractivity contribution is 9.10. The summed E-state index contributed by atoms with van der Waals surface area (Å²) in [4.78, 5) is 0. The number of terminal acetylenes is 1. The fourth-order valence-corrected chi connectivity index (χ4v) is 1.80. The molecule has 0 spiro atoms. The lowest BCUT2D eigenvalue weighted by Crippen LogP contribution is -2.27. The summed E-state index contributed by atoms with van der Waals surface area (Å²) < 4.78 is 22.8. The van der Waals surface area contributed by atoms with Crippen molar-refractivity contribution in [3.8, 4) is 12.3 Å². The Bertz CT molecular complexity index is 229. The molecule has 0 saturated carbocycles. The summed E-state index contributed by atoms with van der Waals surface area (Å²) in [6.45, 7) is 0.119. The molecular weight excluding hydrogens is 218 g/mol. The smallest absolute Gasteiger partial charge is 0.211 e. The van der Waals surface area contributed by atoms with Crippen molar-refractivity contribution in [3.05, 3.63) is 0 Å². The van der Waals surface area contributed by atoms with Gasteiger partial charge >= 0.3 is 0 Å². The predicted molar refractivity (Wildman–Crippen MR) is 44.2 cm³/mol. The number of sulfonamides is 1. The number of halogens is 1. The van der Waals surface area contributed by atoms with Gasteiger partial charge in [-0.05, 0) is 0 Å². The first-order valence-electron chi connectivity index (χ1n) is 2.48. The number of hydrogen-bond acceptors (Lipinski definition) is 2. The van der Waals surface area contributed by atoms with Gasteiger partial charge in [0.2, 0.25) is 10.0 Å². The van der Waals surface area contributed by atoms with E-state index in [0.29, 0.717) is 0 Å². The third-order valence-electron chi connectivity index (χ3n) is 0.927. The van der Waals surface area contributed by atoms with Crippen LogP contribution in [-0.4, -0.2) is 31.0 Å². The summed E-state index contributed by atoms with van der Waals surface area (Å²) in [6.07, 6.45) is 4.91. The average molecular weight is 226 g/mol. The molecule has 5 heteroatoms. The number of alkyl halides is 1. The summed E-state index contributed by atoms with van der Waals surface area (Å²) in [6, 6.07) is 0. The first-order valence-corrected chi connectivity index (χ1v) is 5.21. The Hall–Kier alpha value is -0.0500. The number of rotatable bonds is 3. The van der Waals surface area contributed by atoms with Crippen LogP contribution in [-0.2, 0) is 10.0 Å². The average Bonchev–Trinajstić information content (AvgIpc) is 1.89. The lowest BCUT2D eigenvalue weighted by molar-refractivity contribution is 0.508. The molecule has 0 aliphatic heterocycles. The van der Waals surface area contributed by atoms with E-state index in [-0.39, 0.29) is 11.2 Å². The zero-order valence-corrected chi connectivity index (χ0v) is 7.94. The predicted octanol–water partition coefficient (Wildman–Crippen LogP) is 0.234. The van der Waals surface area contributed by atoms with Crippen molar-refractivity contribution >= 4 is 26.0 Å². The molecular formula is C5H8BrNO2S. The zero-order chi connectivity index (χ0) is 8.20. The summed E-state index contributed by atoms with van der Waals surface area (Å²) in [5.41, 5.74) is 0. The zero-order valence-electron chi connectivity index (χ0n) is 5.54. The van der Waals surface area contributed by atoms with Crippen molar-refractivity contribution in [2.75, 3.05) is 18.3 Å². The topological polar surface area (TPSA) is 37.4 Å². The van der Waals surface area contributed by atoms with E-state index < -0.39 is 10.0 Å². The van der Waals surface area contributed by atoms with Gasteiger partial charge in [0.05, 0.1) is 6.54 Å². The van der Waals surface area contributed by atoms with E-state index in [1.807, 2.05) is 0 Å². The van der Waals surface area contributed by atoms with Crippen molar-refractivity contribution in [1.29, 1.82) is 0 Å². The number of nitrogens with zero attached hydrogens (tertiary/aromatic N) is 1. The van der Waals surface area contributed by atoms with Gasteiger partial charge in [-0.1, -0.05) is 21.9 Å². The van der Waals surface area contributed by atoms with Crippen LogP contribution in [0.1, 0.15) is 0 Å². The summed E-state index contributed by atoms with van der Waals surface area (Å²) >= 11 is 2.84. The fourth-order valence-electron chi connectivity index (χ4n) is 0.310. The molecule has 0 rings (SSSR count). The molecule has 0 fully saturated rings. The van der Waals surface area contributed by atoms with Gasteiger partial charge in [0.1, 0.15) is 4.66 Å². The van der Waals surface area contributed by atoms with E-state index in [4.69, 9.17) is 6.42 Å². The van der Waals surface area contributed by atoms with Gasteiger partial charge in [-0.2, -0.15) is 4.31 Å². The number of hydrogen-bond donors (Lipinski definition) is 0. The van der Waals surface area contributed by atoms with Gasteiger partial charge in [0.15, 0.2) is 0 Å². The highest BCUT2D eigenvalue weighted by atomic mass is 79.9. The molecule has 0 unspecified atom stereocenters. The standard InChI is InChI=1S/C5H8BrNO2S/c1-3-4-7(2)10(8,9)5-6/h1H,4-5H2,2H3. The SMILES string of the molecule is C#CCN(C)S(=O)(=O)CBr. The first kappa shape index (κ1) is 9.95. The fraction of sp³-hybridized carbons (Fsp3) is 0.600. The van der Waals surface area contributed by atoms with Crippen molar-refractivity contribution in [2.45, 2.75) is 0 Å². The second-order valence-corrected chi connectivity index (χ2v) is 5.06. The second kappa shape index (κ2) is 3.96. The summed E-state index contributed by atoms with van der Waals surface area (Å²) in [7, 11) is -1.71. The van der Waals surface area contributed by atoms with E-state index in [2.05, 4.69) is 21.9 Å². The molecule has 0 aliphatic rings. The Morgan fingerprint density at radius 1 is 1.70 bits per heavy atom. The van der Waals surface area contributed by atoms with Crippen LogP contribution < -0.4 is 0 Å². The third kappa shape index (κ3) is 2.69. The van der Waals surface area contributed by atoms with Crippen LogP contribution >= 0.6 is 15.9 Å². The molecule has 0 atom stereocenters. The van der Waals surface area contributed by atoms with Crippen LogP contribution in [0.3, 0.4) is 0 Å².